The summed E-state index contributed by atoms with van der Waals surface area (Å²) in [4.78, 5) is 32.5. The Morgan fingerprint density at radius 2 is 2.09 bits per heavy atom. The Kier molecular flexibility index (Phi) is 5.63. The number of amides is 1. The third-order valence-corrected chi connectivity index (χ3v) is 9.09. The first kappa shape index (κ1) is 22.7. The van der Waals surface area contributed by atoms with Crippen LogP contribution in [0.4, 0.5) is 16.6 Å². The summed E-state index contributed by atoms with van der Waals surface area (Å²) in [7, 11) is -1.15. The van der Waals surface area contributed by atoms with Gasteiger partial charge in [-0.1, -0.05) is 17.7 Å². The highest BCUT2D eigenvalue weighted by Gasteiger charge is 2.42. The third-order valence-electron chi connectivity index (χ3n) is 7.44. The molecule has 2 aliphatic carbocycles. The van der Waals surface area contributed by atoms with Crippen molar-refractivity contribution in [1.82, 2.24) is 19.9 Å². The van der Waals surface area contributed by atoms with Crippen LogP contribution < -0.4 is 16.0 Å². The van der Waals surface area contributed by atoms with Crippen molar-refractivity contribution in [3.63, 3.8) is 0 Å². The van der Waals surface area contributed by atoms with Gasteiger partial charge in [-0.2, -0.15) is 4.98 Å². The van der Waals surface area contributed by atoms with E-state index in [1.165, 1.54) is 0 Å². The van der Waals surface area contributed by atoms with Crippen LogP contribution in [0.15, 0.2) is 23.4 Å². The van der Waals surface area contributed by atoms with E-state index in [0.717, 1.165) is 55.9 Å². The molecule has 10 nitrogen and oxygen atoms in total. The van der Waals surface area contributed by atoms with Crippen LogP contribution in [0, 0.1) is 11.8 Å². The van der Waals surface area contributed by atoms with E-state index in [2.05, 4.69) is 26.3 Å². The van der Waals surface area contributed by atoms with Crippen molar-refractivity contribution < 1.29 is 13.7 Å². The fraction of sp³-hybridized carbons (Fsp3) is 0.522. The lowest BCUT2D eigenvalue weighted by Crippen LogP contribution is -2.50. The lowest BCUT2D eigenvalue weighted by Gasteiger charge is -2.42. The summed E-state index contributed by atoms with van der Waals surface area (Å²) >= 11 is 5.93. The Bertz CT molecular complexity index is 1230. The van der Waals surface area contributed by atoms with Crippen molar-refractivity contribution in [2.45, 2.75) is 42.5 Å². The second-order valence-corrected chi connectivity index (χ2v) is 11.7. The molecule has 2 fully saturated rings. The largest absolute Gasteiger partial charge is 0.447 e. The SMILES string of the molecule is NC(=O)OCC1(Nc2nc(N3C[C@@H]4CC(c5ncc(Cl)cn5)=C[C@@H]4C3)nc3c2[S@](=O)CC3)CCC1. The minimum absolute atomic E-state index is 0.164. The van der Waals surface area contributed by atoms with Crippen LogP contribution in [0.25, 0.3) is 5.57 Å². The number of hydrogen-bond acceptors (Lipinski definition) is 9. The van der Waals surface area contributed by atoms with E-state index in [0.29, 0.717) is 45.7 Å². The van der Waals surface area contributed by atoms with Gasteiger partial charge in [0.2, 0.25) is 5.95 Å². The number of fused-ring (bicyclic) bond motifs is 2. The summed E-state index contributed by atoms with van der Waals surface area (Å²) in [6.07, 6.45) is 8.96. The fourth-order valence-electron chi connectivity index (χ4n) is 5.50. The number of rotatable bonds is 6. The molecule has 35 heavy (non-hydrogen) atoms. The topological polar surface area (TPSA) is 136 Å². The molecule has 1 saturated carbocycles. The molecule has 3 atom stereocenters. The Balaban J connectivity index is 1.24. The minimum atomic E-state index is -1.15. The lowest BCUT2D eigenvalue weighted by atomic mass is 9.77. The first-order valence-corrected chi connectivity index (χ1v) is 13.5. The number of hydrogen-bond donors (Lipinski definition) is 2. The smallest absolute Gasteiger partial charge is 0.404 e. The molecule has 1 saturated heterocycles. The molecular formula is C23H26ClN7O3S. The van der Waals surface area contributed by atoms with Crippen LogP contribution >= 0.6 is 11.6 Å². The molecule has 0 unspecified atom stereocenters. The van der Waals surface area contributed by atoms with Gasteiger partial charge in [0.15, 0.2) is 5.82 Å². The van der Waals surface area contributed by atoms with Crippen molar-refractivity contribution >= 4 is 45.8 Å². The van der Waals surface area contributed by atoms with Gasteiger partial charge in [-0.05, 0) is 43.1 Å². The van der Waals surface area contributed by atoms with Gasteiger partial charge in [-0.25, -0.2) is 19.7 Å². The minimum Gasteiger partial charge on any atom is -0.447 e. The number of allylic oxidation sites excluding steroid dienone is 1. The van der Waals surface area contributed by atoms with E-state index in [1.807, 2.05) is 0 Å². The Hall–Kier alpha value is -2.79. The van der Waals surface area contributed by atoms with Gasteiger partial charge in [-0.3, -0.25) is 4.21 Å². The molecular weight excluding hydrogens is 490 g/mol. The van der Waals surface area contributed by atoms with E-state index in [-0.39, 0.29) is 6.61 Å². The van der Waals surface area contributed by atoms with E-state index < -0.39 is 22.4 Å². The number of carbonyl (C=O) groups is 1. The van der Waals surface area contributed by atoms with Gasteiger partial charge >= 0.3 is 6.09 Å². The van der Waals surface area contributed by atoms with Crippen LogP contribution in [0.2, 0.25) is 5.02 Å². The Labute approximate surface area is 210 Å². The van der Waals surface area contributed by atoms with Crippen molar-refractivity contribution in [3.05, 3.63) is 35.0 Å². The number of aromatic nitrogens is 4. The maximum absolute atomic E-state index is 12.8. The van der Waals surface area contributed by atoms with Crippen molar-refractivity contribution in [1.29, 1.82) is 0 Å². The van der Waals surface area contributed by atoms with Crippen LogP contribution in [0.5, 0.6) is 0 Å². The molecule has 184 valence electrons. The van der Waals surface area contributed by atoms with E-state index in [9.17, 15) is 9.00 Å². The summed E-state index contributed by atoms with van der Waals surface area (Å²) in [5.41, 5.74) is 6.76. The number of carbonyl (C=O) groups excluding carboxylic acids is 1. The van der Waals surface area contributed by atoms with Gasteiger partial charge in [0.25, 0.3) is 0 Å². The molecule has 1 amide bonds. The van der Waals surface area contributed by atoms with Crippen LogP contribution in [-0.2, 0) is 22.0 Å². The number of anilines is 2. The van der Waals surface area contributed by atoms with Gasteiger partial charge in [0.1, 0.15) is 17.3 Å². The predicted molar refractivity (Wildman–Crippen MR) is 132 cm³/mol. The molecule has 0 bridgehead atoms. The van der Waals surface area contributed by atoms with Gasteiger partial charge in [0, 0.05) is 37.7 Å². The first-order valence-electron chi connectivity index (χ1n) is 11.8. The number of nitrogens with zero attached hydrogens (tertiary/aromatic N) is 5. The molecule has 0 spiro atoms. The van der Waals surface area contributed by atoms with E-state index >= 15 is 0 Å². The van der Waals surface area contributed by atoms with Gasteiger partial charge in [-0.15, -0.1) is 0 Å². The number of aryl methyl sites for hydroxylation is 1. The second kappa shape index (κ2) is 8.70. The van der Waals surface area contributed by atoms with Crippen molar-refractivity contribution in [3.8, 4) is 0 Å². The fourth-order valence-corrected chi connectivity index (χ4v) is 6.90. The first-order chi connectivity index (χ1) is 16.9. The predicted octanol–water partition coefficient (Wildman–Crippen LogP) is 2.55. The van der Waals surface area contributed by atoms with Crippen LogP contribution in [0.3, 0.4) is 0 Å². The molecule has 6 rings (SSSR count). The normalized spacial score (nSPS) is 26.0. The monoisotopic (exact) mass is 515 g/mol. The standard InChI is InChI=1S/C23H26ClN7O3S/c24-16-8-26-19(27-9-16)13-6-14-10-31(11-15(14)7-13)22-28-17-2-5-35(33)18(17)20(29-22)30-23(3-1-4-23)12-34-21(25)32/h6,8-9,14-15H,1-5,7,10-12H2,(H2,25,32)(H,28,29,30)/t14-,15+,35-/m1/s1. The van der Waals surface area contributed by atoms with Crippen LogP contribution in [-0.4, -0.2) is 61.2 Å². The van der Waals surface area contributed by atoms with E-state index in [4.69, 9.17) is 32.0 Å². The highest BCUT2D eigenvalue weighted by Crippen LogP contribution is 2.43. The summed E-state index contributed by atoms with van der Waals surface area (Å²) in [5, 5.41) is 4.01. The third kappa shape index (κ3) is 4.24. The molecule has 2 aromatic heterocycles. The summed E-state index contributed by atoms with van der Waals surface area (Å²) in [5.74, 6) is 3.34. The van der Waals surface area contributed by atoms with E-state index in [1.54, 1.807) is 12.4 Å². The van der Waals surface area contributed by atoms with Crippen LogP contribution in [0.1, 0.15) is 37.2 Å². The Morgan fingerprint density at radius 1 is 1.29 bits per heavy atom. The molecule has 4 heterocycles. The van der Waals surface area contributed by atoms with Crippen molar-refractivity contribution in [2.75, 3.05) is 35.7 Å². The van der Waals surface area contributed by atoms with Gasteiger partial charge < -0.3 is 20.7 Å². The van der Waals surface area contributed by atoms with Crippen molar-refractivity contribution in [2.24, 2.45) is 17.6 Å². The molecule has 3 N–H and O–H groups in total. The maximum Gasteiger partial charge on any atom is 0.404 e. The average Bonchev–Trinajstić information content (AvgIpc) is 3.49. The average molecular weight is 516 g/mol. The number of primary amides is 1. The summed E-state index contributed by atoms with van der Waals surface area (Å²) in [6.45, 7) is 1.80. The number of halogens is 1. The molecule has 2 aromatic rings. The highest BCUT2D eigenvalue weighted by molar-refractivity contribution is 7.85. The molecule has 0 radical (unpaired) electrons. The molecule has 2 aliphatic heterocycles. The maximum atomic E-state index is 12.8. The highest BCUT2D eigenvalue weighted by atomic mass is 35.5. The van der Waals surface area contributed by atoms with Gasteiger partial charge in [0.05, 0.1) is 27.1 Å². The molecule has 4 aliphatic rings. The molecule has 0 aromatic carbocycles. The zero-order valence-electron chi connectivity index (χ0n) is 19.1. The summed E-state index contributed by atoms with van der Waals surface area (Å²) < 4.78 is 17.9. The second-order valence-electron chi connectivity index (χ2n) is 9.76. The summed E-state index contributed by atoms with van der Waals surface area (Å²) in [6, 6.07) is 0. The number of ether oxygens (including phenoxy) is 1. The zero-order chi connectivity index (χ0) is 24.2. The quantitative estimate of drug-likeness (QED) is 0.594. The Morgan fingerprint density at radius 3 is 2.77 bits per heavy atom. The number of nitrogens with two attached hydrogens (primary N) is 1. The molecule has 12 heteroatoms. The zero-order valence-corrected chi connectivity index (χ0v) is 20.6. The number of nitrogens with one attached hydrogen (secondary N) is 1. The lowest BCUT2D eigenvalue weighted by molar-refractivity contribution is 0.101.